The number of hydrogen-bond acceptors (Lipinski definition) is 5. The highest BCUT2D eigenvalue weighted by molar-refractivity contribution is 5.99. The Labute approximate surface area is 141 Å². The number of carbonyl (C=O) groups excluding carboxylic acids is 2. The summed E-state index contributed by atoms with van der Waals surface area (Å²) in [5.41, 5.74) is 3.55. The van der Waals surface area contributed by atoms with Crippen LogP contribution in [-0.4, -0.2) is 23.3 Å². The van der Waals surface area contributed by atoms with E-state index in [1.807, 2.05) is 6.92 Å². The standard InChI is InChI=1S/C16H14FN3O5/c1-2-25-12-6-3-10(4-7-12)15(21)18-19-16(22)11-5-8-13(17)14(9-11)20(23)24/h3-9H,2H2,1H3,(H,18,21)(H,19,22). The van der Waals surface area contributed by atoms with E-state index < -0.39 is 28.2 Å². The molecule has 9 heteroatoms. The predicted molar refractivity (Wildman–Crippen MR) is 85.6 cm³/mol. The van der Waals surface area contributed by atoms with Crippen LogP contribution >= 0.6 is 0 Å². The molecule has 0 atom stereocenters. The number of benzene rings is 2. The first-order valence-electron chi connectivity index (χ1n) is 7.20. The van der Waals surface area contributed by atoms with E-state index in [-0.39, 0.29) is 11.1 Å². The number of ether oxygens (including phenoxy) is 1. The van der Waals surface area contributed by atoms with Crippen LogP contribution in [0.25, 0.3) is 0 Å². The molecule has 0 aliphatic rings. The highest BCUT2D eigenvalue weighted by atomic mass is 19.1. The maximum absolute atomic E-state index is 13.3. The zero-order valence-electron chi connectivity index (χ0n) is 13.1. The highest BCUT2D eigenvalue weighted by Gasteiger charge is 2.18. The molecule has 2 amide bonds. The number of nitrogens with one attached hydrogen (secondary N) is 2. The quantitative estimate of drug-likeness (QED) is 0.636. The number of carbonyl (C=O) groups is 2. The van der Waals surface area contributed by atoms with Gasteiger partial charge >= 0.3 is 5.69 Å². The summed E-state index contributed by atoms with van der Waals surface area (Å²) in [4.78, 5) is 33.6. The number of hydrazine groups is 1. The Hall–Kier alpha value is -3.49. The van der Waals surface area contributed by atoms with Crippen molar-refractivity contribution in [2.75, 3.05) is 6.61 Å². The number of halogens is 1. The summed E-state index contributed by atoms with van der Waals surface area (Å²) in [7, 11) is 0. The molecule has 2 aromatic carbocycles. The van der Waals surface area contributed by atoms with Gasteiger partial charge in [-0.3, -0.25) is 30.6 Å². The van der Waals surface area contributed by atoms with E-state index >= 15 is 0 Å². The smallest absolute Gasteiger partial charge is 0.305 e. The van der Waals surface area contributed by atoms with Crippen LogP contribution in [0.4, 0.5) is 10.1 Å². The molecule has 2 N–H and O–H groups in total. The first kappa shape index (κ1) is 17.9. The van der Waals surface area contributed by atoms with E-state index in [2.05, 4.69) is 10.9 Å². The van der Waals surface area contributed by atoms with Crippen LogP contribution < -0.4 is 15.6 Å². The van der Waals surface area contributed by atoms with Gasteiger partial charge in [0.15, 0.2) is 0 Å². The monoisotopic (exact) mass is 347 g/mol. The van der Waals surface area contributed by atoms with E-state index in [9.17, 15) is 24.1 Å². The predicted octanol–water partition coefficient (Wildman–Crippen LogP) is 2.21. The normalized spacial score (nSPS) is 10.0. The number of nitrogens with zero attached hydrogens (tertiary/aromatic N) is 1. The van der Waals surface area contributed by atoms with Crippen molar-refractivity contribution in [1.82, 2.24) is 10.9 Å². The Kier molecular flexibility index (Phi) is 5.62. The summed E-state index contributed by atoms with van der Waals surface area (Å²) in [6, 6.07) is 8.88. The van der Waals surface area contributed by atoms with Crippen molar-refractivity contribution < 1.29 is 23.6 Å². The van der Waals surface area contributed by atoms with Gasteiger partial charge in [-0.25, -0.2) is 0 Å². The Morgan fingerprint density at radius 2 is 1.64 bits per heavy atom. The van der Waals surface area contributed by atoms with Gasteiger partial charge in [0.2, 0.25) is 5.82 Å². The van der Waals surface area contributed by atoms with E-state index in [1.54, 1.807) is 12.1 Å². The van der Waals surface area contributed by atoms with Crippen LogP contribution in [0.5, 0.6) is 5.75 Å². The molecule has 0 bridgehead atoms. The Bertz CT molecular complexity index is 808. The van der Waals surface area contributed by atoms with E-state index in [0.717, 1.165) is 18.2 Å². The summed E-state index contributed by atoms with van der Waals surface area (Å²) < 4.78 is 18.5. The first-order valence-corrected chi connectivity index (χ1v) is 7.20. The molecule has 2 aromatic rings. The van der Waals surface area contributed by atoms with E-state index in [1.165, 1.54) is 12.1 Å². The Morgan fingerprint density at radius 1 is 1.08 bits per heavy atom. The van der Waals surface area contributed by atoms with Crippen LogP contribution in [0.3, 0.4) is 0 Å². The van der Waals surface area contributed by atoms with Crippen molar-refractivity contribution >= 4 is 17.5 Å². The molecule has 0 heterocycles. The summed E-state index contributed by atoms with van der Waals surface area (Å²) >= 11 is 0. The van der Waals surface area contributed by atoms with Crippen LogP contribution in [0.15, 0.2) is 42.5 Å². The van der Waals surface area contributed by atoms with Crippen molar-refractivity contribution in [3.63, 3.8) is 0 Å². The van der Waals surface area contributed by atoms with Crippen molar-refractivity contribution in [3.05, 3.63) is 69.5 Å². The largest absolute Gasteiger partial charge is 0.494 e. The molecule has 0 aliphatic carbocycles. The number of amides is 2. The van der Waals surface area contributed by atoms with Crippen molar-refractivity contribution in [1.29, 1.82) is 0 Å². The molecular weight excluding hydrogens is 333 g/mol. The second-order valence-electron chi connectivity index (χ2n) is 4.79. The molecule has 0 unspecified atom stereocenters. The SMILES string of the molecule is CCOc1ccc(C(=O)NNC(=O)c2ccc(F)c([N+](=O)[O-])c2)cc1. The molecule has 0 fully saturated rings. The molecule has 0 saturated carbocycles. The summed E-state index contributed by atoms with van der Waals surface area (Å²) in [5.74, 6) is -1.86. The van der Waals surface area contributed by atoms with E-state index in [4.69, 9.17) is 4.74 Å². The molecule has 0 spiro atoms. The maximum Gasteiger partial charge on any atom is 0.305 e. The second kappa shape index (κ2) is 7.86. The summed E-state index contributed by atoms with van der Waals surface area (Å²) in [6.45, 7) is 2.32. The number of nitro benzene ring substituents is 1. The fourth-order valence-corrected chi connectivity index (χ4v) is 1.92. The molecule has 8 nitrogen and oxygen atoms in total. The fourth-order valence-electron chi connectivity index (χ4n) is 1.92. The Morgan fingerprint density at radius 3 is 2.20 bits per heavy atom. The zero-order chi connectivity index (χ0) is 18.4. The van der Waals surface area contributed by atoms with Crippen LogP contribution in [0.2, 0.25) is 0 Å². The average Bonchev–Trinajstić information content (AvgIpc) is 2.60. The lowest BCUT2D eigenvalue weighted by atomic mass is 10.2. The van der Waals surface area contributed by atoms with Crippen LogP contribution in [0, 0.1) is 15.9 Å². The maximum atomic E-state index is 13.3. The van der Waals surface area contributed by atoms with Gasteiger partial charge in [-0.05, 0) is 43.3 Å². The Balaban J connectivity index is 2.00. The molecule has 0 radical (unpaired) electrons. The third kappa shape index (κ3) is 4.50. The number of hydrogen-bond donors (Lipinski definition) is 2. The lowest BCUT2D eigenvalue weighted by Crippen LogP contribution is -2.41. The molecule has 2 rings (SSSR count). The van der Waals surface area contributed by atoms with Gasteiger partial charge in [-0.2, -0.15) is 4.39 Å². The van der Waals surface area contributed by atoms with Crippen LogP contribution in [-0.2, 0) is 0 Å². The third-order valence-corrected chi connectivity index (χ3v) is 3.12. The molecule has 0 aliphatic heterocycles. The van der Waals surface area contributed by atoms with E-state index in [0.29, 0.717) is 12.4 Å². The topological polar surface area (TPSA) is 111 Å². The minimum Gasteiger partial charge on any atom is -0.494 e. The van der Waals surface area contributed by atoms with Gasteiger partial charge in [0.05, 0.1) is 11.5 Å². The lowest BCUT2D eigenvalue weighted by Gasteiger charge is -2.08. The van der Waals surface area contributed by atoms with Crippen molar-refractivity contribution in [3.8, 4) is 5.75 Å². The summed E-state index contributed by atoms with van der Waals surface area (Å²) in [5, 5.41) is 10.7. The number of rotatable bonds is 5. The van der Waals surface area contributed by atoms with Gasteiger partial charge in [0, 0.05) is 17.2 Å². The first-order chi connectivity index (χ1) is 11.9. The van der Waals surface area contributed by atoms with Gasteiger partial charge in [0.1, 0.15) is 5.75 Å². The highest BCUT2D eigenvalue weighted by Crippen LogP contribution is 2.18. The summed E-state index contributed by atoms with van der Waals surface area (Å²) in [6.07, 6.45) is 0. The van der Waals surface area contributed by atoms with Crippen molar-refractivity contribution in [2.24, 2.45) is 0 Å². The fraction of sp³-hybridized carbons (Fsp3) is 0.125. The molecular formula is C16H14FN3O5. The minimum absolute atomic E-state index is 0.167. The molecule has 0 aromatic heterocycles. The van der Waals surface area contributed by atoms with Crippen LogP contribution in [0.1, 0.15) is 27.6 Å². The molecule has 130 valence electrons. The van der Waals surface area contributed by atoms with Gasteiger partial charge in [-0.15, -0.1) is 0 Å². The lowest BCUT2D eigenvalue weighted by molar-refractivity contribution is -0.387. The zero-order valence-corrected chi connectivity index (χ0v) is 13.1. The minimum atomic E-state index is -1.06. The van der Waals surface area contributed by atoms with Crippen molar-refractivity contribution in [2.45, 2.75) is 6.92 Å². The van der Waals surface area contributed by atoms with Gasteiger partial charge in [-0.1, -0.05) is 0 Å². The second-order valence-corrected chi connectivity index (χ2v) is 4.79. The van der Waals surface area contributed by atoms with Gasteiger partial charge < -0.3 is 4.74 Å². The molecule has 25 heavy (non-hydrogen) atoms. The average molecular weight is 347 g/mol. The number of nitro groups is 1. The molecule has 0 saturated heterocycles. The van der Waals surface area contributed by atoms with Gasteiger partial charge in [0.25, 0.3) is 11.8 Å². The third-order valence-electron chi connectivity index (χ3n) is 3.12.